The first-order chi connectivity index (χ1) is 16.0. The summed E-state index contributed by atoms with van der Waals surface area (Å²) in [7, 11) is 0. The summed E-state index contributed by atoms with van der Waals surface area (Å²) < 4.78 is 5.21. The van der Waals surface area contributed by atoms with Gasteiger partial charge in [0.25, 0.3) is 11.8 Å². The molecule has 0 radical (unpaired) electrons. The minimum atomic E-state index is -0.736. The summed E-state index contributed by atoms with van der Waals surface area (Å²) in [4.78, 5) is 51.3. The molecule has 0 bridgehead atoms. The molecule has 0 saturated heterocycles. The van der Waals surface area contributed by atoms with Gasteiger partial charge in [-0.3, -0.25) is 19.3 Å². The number of carbonyl (C=O) groups is 3. The Kier molecular flexibility index (Phi) is 4.95. The SMILES string of the molecule is O=C1CN(C(=O)c2ccc(NC(=O)c3cc4ccccc4oc3=O)cc2)c2ccccc2N1. The third kappa shape index (κ3) is 3.85. The van der Waals surface area contributed by atoms with Crippen molar-refractivity contribution in [2.24, 2.45) is 0 Å². The Morgan fingerprint density at radius 1 is 0.909 bits per heavy atom. The van der Waals surface area contributed by atoms with Crippen LogP contribution >= 0.6 is 0 Å². The molecular weight excluding hydrogens is 422 g/mol. The molecule has 4 aromatic rings. The second kappa shape index (κ2) is 8.08. The Morgan fingerprint density at radius 3 is 2.45 bits per heavy atom. The van der Waals surface area contributed by atoms with Crippen LogP contribution in [0.5, 0.6) is 0 Å². The number of rotatable bonds is 3. The summed E-state index contributed by atoms with van der Waals surface area (Å²) in [6, 6.07) is 21.7. The van der Waals surface area contributed by atoms with Crippen molar-refractivity contribution in [2.75, 3.05) is 22.1 Å². The van der Waals surface area contributed by atoms with Gasteiger partial charge in [0.15, 0.2) is 0 Å². The molecule has 0 atom stereocenters. The second-order valence-corrected chi connectivity index (χ2v) is 7.47. The molecule has 0 aliphatic carbocycles. The lowest BCUT2D eigenvalue weighted by Crippen LogP contribution is -2.42. The smallest absolute Gasteiger partial charge is 0.349 e. The summed E-state index contributed by atoms with van der Waals surface area (Å²) in [6.45, 7) is -0.0912. The summed E-state index contributed by atoms with van der Waals surface area (Å²) >= 11 is 0. The van der Waals surface area contributed by atoms with Gasteiger partial charge in [-0.05, 0) is 48.5 Å². The van der Waals surface area contributed by atoms with Crippen molar-refractivity contribution < 1.29 is 18.8 Å². The number of hydrogen-bond donors (Lipinski definition) is 2. The van der Waals surface area contributed by atoms with Crippen molar-refractivity contribution in [1.29, 1.82) is 0 Å². The number of nitrogens with zero attached hydrogens (tertiary/aromatic N) is 1. The number of hydrogen-bond acceptors (Lipinski definition) is 5. The van der Waals surface area contributed by atoms with Crippen molar-refractivity contribution >= 4 is 45.8 Å². The van der Waals surface area contributed by atoms with E-state index in [0.717, 1.165) is 0 Å². The maximum Gasteiger partial charge on any atom is 0.349 e. The van der Waals surface area contributed by atoms with Gasteiger partial charge in [0.2, 0.25) is 5.91 Å². The van der Waals surface area contributed by atoms with E-state index in [1.54, 1.807) is 72.8 Å². The van der Waals surface area contributed by atoms with Crippen LogP contribution in [0.25, 0.3) is 11.0 Å². The van der Waals surface area contributed by atoms with Crippen LogP contribution in [0.3, 0.4) is 0 Å². The fourth-order valence-corrected chi connectivity index (χ4v) is 3.69. The Morgan fingerprint density at radius 2 is 1.64 bits per heavy atom. The standard InChI is InChI=1S/C25H17N3O5/c29-22-14-28(20-7-3-2-6-19(20)27-22)24(31)15-9-11-17(12-10-15)26-23(30)18-13-16-5-1-4-8-21(16)33-25(18)32/h1-13H,14H2,(H,26,30)(H,27,29). The molecule has 33 heavy (non-hydrogen) atoms. The van der Waals surface area contributed by atoms with E-state index in [0.29, 0.717) is 33.6 Å². The molecule has 0 spiro atoms. The van der Waals surface area contributed by atoms with Crippen molar-refractivity contribution in [2.45, 2.75) is 0 Å². The molecule has 1 aliphatic rings. The second-order valence-electron chi connectivity index (χ2n) is 7.47. The topological polar surface area (TPSA) is 109 Å². The molecule has 5 rings (SSSR count). The zero-order valence-electron chi connectivity index (χ0n) is 17.2. The minimum absolute atomic E-state index is 0.0912. The van der Waals surface area contributed by atoms with Gasteiger partial charge in [-0.15, -0.1) is 0 Å². The molecule has 8 heteroatoms. The molecule has 8 nitrogen and oxygen atoms in total. The molecular formula is C25H17N3O5. The largest absolute Gasteiger partial charge is 0.422 e. The Bertz CT molecular complexity index is 1470. The Balaban J connectivity index is 1.36. The van der Waals surface area contributed by atoms with Gasteiger partial charge >= 0.3 is 5.63 Å². The molecule has 1 aliphatic heterocycles. The van der Waals surface area contributed by atoms with E-state index in [1.807, 2.05) is 0 Å². The molecule has 0 saturated carbocycles. The normalized spacial score (nSPS) is 12.7. The van der Waals surface area contributed by atoms with E-state index in [-0.39, 0.29) is 23.9 Å². The first-order valence-electron chi connectivity index (χ1n) is 10.1. The van der Waals surface area contributed by atoms with Gasteiger partial charge in [-0.25, -0.2) is 4.79 Å². The first-order valence-corrected chi connectivity index (χ1v) is 10.1. The number of anilines is 3. The van der Waals surface area contributed by atoms with E-state index in [2.05, 4.69) is 10.6 Å². The van der Waals surface area contributed by atoms with Crippen molar-refractivity contribution in [1.82, 2.24) is 0 Å². The molecule has 0 unspecified atom stereocenters. The summed E-state index contributed by atoms with van der Waals surface area (Å²) in [5.74, 6) is -1.24. The number of carbonyl (C=O) groups excluding carboxylic acids is 3. The van der Waals surface area contributed by atoms with Crippen LogP contribution in [0, 0.1) is 0 Å². The van der Waals surface area contributed by atoms with Gasteiger partial charge in [0, 0.05) is 16.6 Å². The lowest BCUT2D eigenvalue weighted by molar-refractivity contribution is -0.115. The van der Waals surface area contributed by atoms with E-state index < -0.39 is 11.5 Å². The number of benzene rings is 3. The highest BCUT2D eigenvalue weighted by molar-refractivity contribution is 6.15. The molecule has 3 aromatic carbocycles. The molecule has 0 fully saturated rings. The van der Waals surface area contributed by atoms with Gasteiger partial charge in [0.1, 0.15) is 17.7 Å². The van der Waals surface area contributed by atoms with Crippen LogP contribution in [-0.2, 0) is 4.79 Å². The molecule has 3 amide bonds. The monoisotopic (exact) mass is 439 g/mol. The van der Waals surface area contributed by atoms with Crippen LogP contribution in [0.4, 0.5) is 17.1 Å². The lowest BCUT2D eigenvalue weighted by Gasteiger charge is -2.29. The predicted octanol–water partition coefficient (Wildman–Crippen LogP) is 3.64. The van der Waals surface area contributed by atoms with Crippen LogP contribution < -0.4 is 21.2 Å². The van der Waals surface area contributed by atoms with Crippen LogP contribution in [0.2, 0.25) is 0 Å². The summed E-state index contributed by atoms with van der Waals surface area (Å²) in [5, 5.41) is 6.02. The molecule has 1 aromatic heterocycles. The fraction of sp³-hybridized carbons (Fsp3) is 0.0400. The van der Waals surface area contributed by atoms with Gasteiger partial charge in [0.05, 0.1) is 11.4 Å². The number of amides is 3. The van der Waals surface area contributed by atoms with E-state index in [4.69, 9.17) is 4.42 Å². The van der Waals surface area contributed by atoms with E-state index in [9.17, 15) is 19.2 Å². The number of para-hydroxylation sites is 3. The number of fused-ring (bicyclic) bond motifs is 2. The molecule has 2 heterocycles. The summed E-state index contributed by atoms with van der Waals surface area (Å²) in [6.07, 6.45) is 0. The molecule has 2 N–H and O–H groups in total. The quantitative estimate of drug-likeness (QED) is 0.474. The van der Waals surface area contributed by atoms with E-state index >= 15 is 0 Å². The lowest BCUT2D eigenvalue weighted by atomic mass is 10.1. The van der Waals surface area contributed by atoms with Crippen molar-refractivity contribution in [3.63, 3.8) is 0 Å². The Hall–Kier alpha value is -4.72. The van der Waals surface area contributed by atoms with Gasteiger partial charge < -0.3 is 15.1 Å². The van der Waals surface area contributed by atoms with Crippen LogP contribution in [0.15, 0.2) is 88.1 Å². The highest BCUT2D eigenvalue weighted by Crippen LogP contribution is 2.30. The average Bonchev–Trinajstić information content (AvgIpc) is 2.83. The average molecular weight is 439 g/mol. The summed E-state index contributed by atoms with van der Waals surface area (Å²) in [5.41, 5.74) is 1.48. The van der Waals surface area contributed by atoms with Crippen molar-refractivity contribution in [3.8, 4) is 0 Å². The minimum Gasteiger partial charge on any atom is -0.422 e. The van der Waals surface area contributed by atoms with Crippen LogP contribution in [0.1, 0.15) is 20.7 Å². The zero-order chi connectivity index (χ0) is 22.9. The highest BCUT2D eigenvalue weighted by atomic mass is 16.4. The number of nitrogens with one attached hydrogen (secondary N) is 2. The molecule has 162 valence electrons. The van der Waals surface area contributed by atoms with Crippen LogP contribution in [-0.4, -0.2) is 24.3 Å². The predicted molar refractivity (Wildman–Crippen MR) is 124 cm³/mol. The van der Waals surface area contributed by atoms with Crippen molar-refractivity contribution in [3.05, 3.63) is 100 Å². The zero-order valence-corrected chi connectivity index (χ0v) is 17.2. The van der Waals surface area contributed by atoms with Gasteiger partial charge in [-0.1, -0.05) is 30.3 Å². The highest BCUT2D eigenvalue weighted by Gasteiger charge is 2.27. The third-order valence-corrected chi connectivity index (χ3v) is 5.29. The fourth-order valence-electron chi connectivity index (χ4n) is 3.69. The van der Waals surface area contributed by atoms with E-state index in [1.165, 1.54) is 11.0 Å². The van der Waals surface area contributed by atoms with Gasteiger partial charge in [-0.2, -0.15) is 0 Å². The first kappa shape index (κ1) is 20.2. The maximum absolute atomic E-state index is 13.0. The Labute approximate surface area is 187 Å². The maximum atomic E-state index is 13.0. The third-order valence-electron chi connectivity index (χ3n) is 5.29.